The number of para-hydroxylation sites is 1. The minimum atomic E-state index is -0.119. The van der Waals surface area contributed by atoms with Gasteiger partial charge in [0.2, 0.25) is 0 Å². The Morgan fingerprint density at radius 2 is 2.32 bits per heavy atom. The molecule has 5 nitrogen and oxygen atoms in total. The summed E-state index contributed by atoms with van der Waals surface area (Å²) in [4.78, 5) is 14.1. The maximum absolute atomic E-state index is 12.5. The molecule has 1 amide bonds. The topological polar surface area (TPSA) is 50.8 Å². The van der Waals surface area contributed by atoms with Crippen LogP contribution < -0.4 is 10.1 Å². The summed E-state index contributed by atoms with van der Waals surface area (Å²) in [6, 6.07) is 7.54. The Balaban J connectivity index is 1.79. The van der Waals surface area contributed by atoms with E-state index in [-0.39, 0.29) is 12.0 Å². The average Bonchev–Trinajstić information content (AvgIpc) is 3.12. The van der Waals surface area contributed by atoms with Crippen LogP contribution in [0.2, 0.25) is 0 Å². The molecule has 2 fully saturated rings. The van der Waals surface area contributed by atoms with Crippen LogP contribution in [0.3, 0.4) is 0 Å². The average molecular weight is 318 g/mol. The van der Waals surface area contributed by atoms with Crippen LogP contribution >= 0.6 is 12.2 Å². The molecule has 3 rings (SSSR count). The highest BCUT2D eigenvalue weighted by Crippen LogP contribution is 2.23. The van der Waals surface area contributed by atoms with Gasteiger partial charge in [0.1, 0.15) is 11.4 Å². The number of benzene rings is 1. The fraction of sp³-hybridized carbons (Fsp3) is 0.375. The standard InChI is InChI=1S/C16H18N2O3S/c1-20-14-7-3-2-5-11(14)9-13-15(19)18(16(22)17-13)10-12-6-4-8-21-12/h2-3,5,7,9,12H,4,6,8,10H2,1H3,(H,17,22)/b13-9+/t12-/m0/s1. The molecular weight excluding hydrogens is 300 g/mol. The number of ether oxygens (including phenoxy) is 2. The smallest absolute Gasteiger partial charge is 0.276 e. The first-order valence-electron chi connectivity index (χ1n) is 7.28. The highest BCUT2D eigenvalue weighted by Gasteiger charge is 2.33. The van der Waals surface area contributed by atoms with E-state index in [1.54, 1.807) is 18.1 Å². The lowest BCUT2D eigenvalue weighted by Gasteiger charge is -2.18. The summed E-state index contributed by atoms with van der Waals surface area (Å²) in [7, 11) is 1.61. The van der Waals surface area contributed by atoms with Crippen LogP contribution in [-0.2, 0) is 9.53 Å². The maximum atomic E-state index is 12.5. The molecule has 2 saturated heterocycles. The number of thiocarbonyl (C=S) groups is 1. The summed E-state index contributed by atoms with van der Waals surface area (Å²) in [5.41, 5.74) is 1.30. The van der Waals surface area contributed by atoms with Gasteiger partial charge in [0.05, 0.1) is 19.8 Å². The lowest BCUT2D eigenvalue weighted by molar-refractivity contribution is -0.123. The predicted octanol–water partition coefficient (Wildman–Crippen LogP) is 1.93. The van der Waals surface area contributed by atoms with Gasteiger partial charge in [-0.25, -0.2) is 0 Å². The van der Waals surface area contributed by atoms with Crippen molar-refractivity contribution >= 4 is 29.3 Å². The summed E-state index contributed by atoms with van der Waals surface area (Å²) in [5, 5.41) is 3.42. The monoisotopic (exact) mass is 318 g/mol. The molecule has 22 heavy (non-hydrogen) atoms. The second-order valence-electron chi connectivity index (χ2n) is 5.28. The van der Waals surface area contributed by atoms with Crippen molar-refractivity contribution in [3.63, 3.8) is 0 Å². The fourth-order valence-electron chi connectivity index (χ4n) is 2.67. The summed E-state index contributed by atoms with van der Waals surface area (Å²) >= 11 is 5.27. The van der Waals surface area contributed by atoms with Crippen molar-refractivity contribution in [3.8, 4) is 5.75 Å². The van der Waals surface area contributed by atoms with Crippen molar-refractivity contribution in [2.75, 3.05) is 20.3 Å². The Bertz CT molecular complexity index is 624. The van der Waals surface area contributed by atoms with Crippen LogP contribution in [0.25, 0.3) is 6.08 Å². The van der Waals surface area contributed by atoms with Gasteiger partial charge >= 0.3 is 0 Å². The molecule has 2 aliphatic heterocycles. The number of carbonyl (C=O) groups is 1. The Morgan fingerprint density at radius 1 is 1.50 bits per heavy atom. The van der Waals surface area contributed by atoms with E-state index in [0.29, 0.717) is 23.1 Å². The van der Waals surface area contributed by atoms with E-state index in [1.807, 2.05) is 24.3 Å². The number of amides is 1. The van der Waals surface area contributed by atoms with Gasteiger partial charge in [-0.3, -0.25) is 9.69 Å². The first-order chi connectivity index (χ1) is 10.7. The van der Waals surface area contributed by atoms with Crippen molar-refractivity contribution in [1.82, 2.24) is 10.2 Å². The maximum Gasteiger partial charge on any atom is 0.276 e. The number of hydrogen-bond acceptors (Lipinski definition) is 4. The van der Waals surface area contributed by atoms with Crippen LogP contribution in [0.5, 0.6) is 5.75 Å². The number of nitrogens with zero attached hydrogens (tertiary/aromatic N) is 1. The van der Waals surface area contributed by atoms with Crippen LogP contribution in [0, 0.1) is 0 Å². The molecule has 0 bridgehead atoms. The normalized spacial score (nSPS) is 23.2. The molecule has 0 spiro atoms. The fourth-order valence-corrected chi connectivity index (χ4v) is 2.94. The van der Waals surface area contributed by atoms with Crippen LogP contribution in [0.15, 0.2) is 30.0 Å². The molecule has 1 aromatic rings. The number of rotatable bonds is 4. The Kier molecular flexibility index (Phi) is 4.40. The minimum absolute atomic E-state index is 0.0781. The molecule has 0 unspecified atom stereocenters. The molecule has 1 aromatic carbocycles. The van der Waals surface area contributed by atoms with E-state index in [4.69, 9.17) is 21.7 Å². The van der Waals surface area contributed by atoms with Gasteiger partial charge in [0.25, 0.3) is 5.91 Å². The zero-order valence-electron chi connectivity index (χ0n) is 12.4. The molecule has 2 aliphatic rings. The minimum Gasteiger partial charge on any atom is -0.496 e. The number of nitrogens with one attached hydrogen (secondary N) is 1. The number of methoxy groups -OCH3 is 1. The first-order valence-corrected chi connectivity index (χ1v) is 7.69. The zero-order chi connectivity index (χ0) is 15.5. The van der Waals surface area contributed by atoms with E-state index in [9.17, 15) is 4.79 Å². The Morgan fingerprint density at radius 3 is 3.05 bits per heavy atom. The molecule has 0 aliphatic carbocycles. The third kappa shape index (κ3) is 2.98. The molecule has 0 radical (unpaired) electrons. The van der Waals surface area contributed by atoms with Crippen molar-refractivity contribution in [1.29, 1.82) is 0 Å². The Labute approximate surface area is 134 Å². The van der Waals surface area contributed by atoms with E-state index in [1.165, 1.54) is 0 Å². The van der Waals surface area contributed by atoms with Gasteiger partial charge in [-0.2, -0.15) is 0 Å². The van der Waals surface area contributed by atoms with Gasteiger partial charge in [-0.05, 0) is 37.2 Å². The lowest BCUT2D eigenvalue weighted by Crippen LogP contribution is -2.37. The van der Waals surface area contributed by atoms with Gasteiger partial charge in [-0.15, -0.1) is 0 Å². The Hall–Kier alpha value is -1.92. The van der Waals surface area contributed by atoms with Gasteiger partial charge in [-0.1, -0.05) is 18.2 Å². The summed E-state index contributed by atoms with van der Waals surface area (Å²) < 4.78 is 10.9. The molecule has 1 N–H and O–H groups in total. The van der Waals surface area contributed by atoms with Crippen molar-refractivity contribution in [2.24, 2.45) is 0 Å². The summed E-state index contributed by atoms with van der Waals surface area (Å²) in [5.74, 6) is 0.597. The zero-order valence-corrected chi connectivity index (χ0v) is 13.2. The predicted molar refractivity (Wildman–Crippen MR) is 87.4 cm³/mol. The largest absolute Gasteiger partial charge is 0.496 e. The molecular formula is C16H18N2O3S. The van der Waals surface area contributed by atoms with Gasteiger partial charge < -0.3 is 14.8 Å². The highest BCUT2D eigenvalue weighted by molar-refractivity contribution is 7.80. The third-order valence-corrected chi connectivity index (χ3v) is 4.13. The van der Waals surface area contributed by atoms with E-state index < -0.39 is 0 Å². The molecule has 0 aromatic heterocycles. The van der Waals surface area contributed by atoms with Crippen LogP contribution in [0.4, 0.5) is 0 Å². The first kappa shape index (κ1) is 15.0. The third-order valence-electron chi connectivity index (χ3n) is 3.81. The van der Waals surface area contributed by atoms with Crippen LogP contribution in [-0.4, -0.2) is 42.3 Å². The SMILES string of the molecule is COc1ccccc1/C=C1/NC(=S)N(C[C@@H]2CCCO2)C1=O. The van der Waals surface area contributed by atoms with Crippen molar-refractivity contribution in [3.05, 3.63) is 35.5 Å². The number of hydrogen-bond donors (Lipinski definition) is 1. The van der Waals surface area contributed by atoms with Crippen molar-refractivity contribution in [2.45, 2.75) is 18.9 Å². The molecule has 116 valence electrons. The second-order valence-corrected chi connectivity index (χ2v) is 5.67. The molecule has 2 heterocycles. The second kappa shape index (κ2) is 6.46. The quantitative estimate of drug-likeness (QED) is 0.679. The number of carbonyl (C=O) groups excluding carboxylic acids is 1. The van der Waals surface area contributed by atoms with Crippen molar-refractivity contribution < 1.29 is 14.3 Å². The highest BCUT2D eigenvalue weighted by atomic mass is 32.1. The molecule has 6 heteroatoms. The molecule has 0 saturated carbocycles. The van der Waals surface area contributed by atoms with E-state index in [2.05, 4.69) is 5.32 Å². The lowest BCUT2D eigenvalue weighted by atomic mass is 10.1. The van der Waals surface area contributed by atoms with Gasteiger partial charge in [0, 0.05) is 12.2 Å². The van der Waals surface area contributed by atoms with Crippen LogP contribution in [0.1, 0.15) is 18.4 Å². The molecule has 1 atom stereocenters. The summed E-state index contributed by atoms with van der Waals surface area (Å²) in [6.07, 6.45) is 3.85. The summed E-state index contributed by atoms with van der Waals surface area (Å²) in [6.45, 7) is 1.27. The van der Waals surface area contributed by atoms with E-state index in [0.717, 1.165) is 25.0 Å². The van der Waals surface area contributed by atoms with E-state index >= 15 is 0 Å². The van der Waals surface area contributed by atoms with Gasteiger partial charge in [0.15, 0.2) is 5.11 Å².